The first-order valence-corrected chi connectivity index (χ1v) is 13.9. The fourth-order valence-corrected chi connectivity index (χ4v) is 5.75. The molecule has 3 nitrogen and oxygen atoms in total. The lowest BCUT2D eigenvalue weighted by Gasteiger charge is -2.36. The highest BCUT2D eigenvalue weighted by Gasteiger charge is 2.46. The second kappa shape index (κ2) is 12.7. The van der Waals surface area contributed by atoms with Gasteiger partial charge in [0.1, 0.15) is 0 Å². The van der Waals surface area contributed by atoms with E-state index in [-0.39, 0.29) is 36.5 Å². The molecule has 0 aliphatic heterocycles. The molecular weight excluding hydrogens is 522 g/mol. The van der Waals surface area contributed by atoms with Crippen LogP contribution in [-0.2, 0) is 0 Å². The van der Waals surface area contributed by atoms with Crippen LogP contribution in [0.1, 0.15) is 76.7 Å². The summed E-state index contributed by atoms with van der Waals surface area (Å²) >= 11 is 0. The smallest absolute Gasteiger partial charge is 0.254 e. The molecule has 0 heterocycles. The summed E-state index contributed by atoms with van der Waals surface area (Å²) in [6, 6.07) is 4.96. The van der Waals surface area contributed by atoms with Crippen molar-refractivity contribution >= 4 is 0 Å². The van der Waals surface area contributed by atoms with E-state index in [0.29, 0.717) is 18.4 Å². The first-order valence-electron chi connectivity index (χ1n) is 13.9. The van der Waals surface area contributed by atoms with Gasteiger partial charge < -0.3 is 14.2 Å². The Balaban J connectivity index is 1.35. The van der Waals surface area contributed by atoms with Crippen LogP contribution in [0.4, 0.5) is 26.3 Å². The van der Waals surface area contributed by atoms with Crippen LogP contribution in [0.5, 0.6) is 17.2 Å². The minimum atomic E-state index is -3.28. The second-order valence-electron chi connectivity index (χ2n) is 10.8. The molecule has 0 N–H and O–H groups in total. The highest BCUT2D eigenvalue weighted by Crippen LogP contribution is 2.47. The SMILES string of the molecule is CCOc1ccc(OCC2CCC(c3ccc(OCC4CCC(CC)CC4)c(F)c3F)CC2(F)F)c(F)c1F. The molecule has 0 spiro atoms. The predicted molar refractivity (Wildman–Crippen MR) is 136 cm³/mol. The van der Waals surface area contributed by atoms with Crippen molar-refractivity contribution in [2.45, 2.75) is 77.1 Å². The van der Waals surface area contributed by atoms with Crippen molar-refractivity contribution in [3.63, 3.8) is 0 Å². The lowest BCUT2D eigenvalue weighted by Crippen LogP contribution is -2.38. The van der Waals surface area contributed by atoms with Crippen LogP contribution in [0.2, 0.25) is 0 Å². The van der Waals surface area contributed by atoms with Crippen molar-refractivity contribution in [2.24, 2.45) is 17.8 Å². The van der Waals surface area contributed by atoms with Crippen molar-refractivity contribution in [1.29, 1.82) is 0 Å². The van der Waals surface area contributed by atoms with E-state index in [9.17, 15) is 17.6 Å². The molecule has 0 radical (unpaired) electrons. The van der Waals surface area contributed by atoms with Gasteiger partial charge in [0.25, 0.3) is 5.92 Å². The molecule has 2 atom stereocenters. The minimum Gasteiger partial charge on any atom is -0.491 e. The molecule has 216 valence electrons. The Morgan fingerprint density at radius 2 is 1.21 bits per heavy atom. The monoisotopic (exact) mass is 558 g/mol. The average Bonchev–Trinajstić information content (AvgIpc) is 2.92. The number of halogens is 6. The van der Waals surface area contributed by atoms with Gasteiger partial charge in [0.15, 0.2) is 23.1 Å². The third-order valence-electron chi connectivity index (χ3n) is 8.27. The zero-order valence-corrected chi connectivity index (χ0v) is 22.4. The lowest BCUT2D eigenvalue weighted by atomic mass is 9.76. The van der Waals surface area contributed by atoms with Gasteiger partial charge in [0.05, 0.1) is 25.7 Å². The number of rotatable bonds is 10. The normalized spacial score (nSPS) is 24.8. The zero-order valence-electron chi connectivity index (χ0n) is 22.4. The van der Waals surface area contributed by atoms with E-state index in [4.69, 9.17) is 14.2 Å². The van der Waals surface area contributed by atoms with E-state index >= 15 is 8.78 Å². The maximum Gasteiger partial charge on any atom is 0.254 e. The van der Waals surface area contributed by atoms with Crippen LogP contribution in [0.15, 0.2) is 24.3 Å². The van der Waals surface area contributed by atoms with Gasteiger partial charge in [0.2, 0.25) is 17.5 Å². The Bertz CT molecular complexity index is 1120. The second-order valence-corrected chi connectivity index (χ2v) is 10.8. The van der Waals surface area contributed by atoms with Crippen molar-refractivity contribution in [2.75, 3.05) is 19.8 Å². The van der Waals surface area contributed by atoms with Gasteiger partial charge in [0, 0.05) is 6.42 Å². The van der Waals surface area contributed by atoms with Crippen LogP contribution in [0.3, 0.4) is 0 Å². The summed E-state index contributed by atoms with van der Waals surface area (Å²) in [5.41, 5.74) is -0.109. The number of ether oxygens (including phenoxy) is 3. The Kier molecular flexibility index (Phi) is 9.60. The molecular formula is C30H36F6O3. The van der Waals surface area contributed by atoms with E-state index in [2.05, 4.69) is 6.92 Å². The van der Waals surface area contributed by atoms with Crippen molar-refractivity contribution in [1.82, 2.24) is 0 Å². The largest absolute Gasteiger partial charge is 0.491 e. The molecule has 2 aromatic rings. The van der Waals surface area contributed by atoms with Gasteiger partial charge in [-0.1, -0.05) is 32.3 Å². The summed E-state index contributed by atoms with van der Waals surface area (Å²) in [4.78, 5) is 0. The van der Waals surface area contributed by atoms with Crippen LogP contribution >= 0.6 is 0 Å². The third kappa shape index (κ3) is 6.77. The van der Waals surface area contributed by atoms with Crippen LogP contribution in [-0.4, -0.2) is 25.7 Å². The molecule has 2 fully saturated rings. The minimum absolute atomic E-state index is 0.0570. The van der Waals surface area contributed by atoms with Gasteiger partial charge in [-0.25, -0.2) is 13.2 Å². The number of alkyl halides is 2. The van der Waals surface area contributed by atoms with Crippen LogP contribution in [0.25, 0.3) is 0 Å². The Labute approximate surface area is 225 Å². The van der Waals surface area contributed by atoms with Gasteiger partial charge in [-0.3, -0.25) is 0 Å². The lowest BCUT2D eigenvalue weighted by molar-refractivity contribution is -0.104. The van der Waals surface area contributed by atoms with E-state index in [1.165, 1.54) is 18.2 Å². The van der Waals surface area contributed by atoms with E-state index in [1.54, 1.807) is 6.92 Å². The fraction of sp³-hybridized carbons (Fsp3) is 0.600. The maximum absolute atomic E-state index is 15.0. The molecule has 9 heteroatoms. The standard InChI is InChI=1S/C30H36F6O3/c1-3-18-5-7-19(8-6-18)16-38-24-12-11-22(26(31)27(24)32)20-9-10-21(30(35,36)15-20)17-39-25-14-13-23(37-4-2)28(33)29(25)34/h11-14,18-21H,3-10,15-17H2,1-2H3. The first kappa shape index (κ1) is 29.4. The van der Waals surface area contributed by atoms with Gasteiger partial charge in [-0.2, -0.15) is 13.2 Å². The molecule has 0 amide bonds. The molecule has 2 saturated carbocycles. The first-order chi connectivity index (χ1) is 18.6. The van der Waals surface area contributed by atoms with Crippen molar-refractivity contribution < 1.29 is 40.6 Å². The summed E-state index contributed by atoms with van der Waals surface area (Å²) in [5, 5.41) is 0. The van der Waals surface area contributed by atoms with E-state index < -0.39 is 59.8 Å². The molecule has 2 aliphatic carbocycles. The molecule has 2 aromatic carbocycles. The highest BCUT2D eigenvalue weighted by atomic mass is 19.3. The Morgan fingerprint density at radius 1 is 0.667 bits per heavy atom. The number of hydrogen-bond donors (Lipinski definition) is 0. The maximum atomic E-state index is 15.0. The fourth-order valence-electron chi connectivity index (χ4n) is 5.75. The van der Waals surface area contributed by atoms with Gasteiger partial charge in [-0.05, 0) is 74.1 Å². The summed E-state index contributed by atoms with van der Waals surface area (Å²) < 4.78 is 104. The van der Waals surface area contributed by atoms with Gasteiger partial charge >= 0.3 is 0 Å². The third-order valence-corrected chi connectivity index (χ3v) is 8.27. The average molecular weight is 559 g/mol. The molecule has 0 bridgehead atoms. The summed E-state index contributed by atoms with van der Waals surface area (Å²) in [6.45, 7) is 3.67. The molecule has 4 rings (SSSR count). The number of benzene rings is 2. The van der Waals surface area contributed by atoms with E-state index in [0.717, 1.165) is 38.2 Å². The topological polar surface area (TPSA) is 27.7 Å². The molecule has 2 aliphatic rings. The Hall–Kier alpha value is -2.58. The number of hydrogen-bond acceptors (Lipinski definition) is 3. The van der Waals surface area contributed by atoms with Crippen molar-refractivity contribution in [3.8, 4) is 17.2 Å². The zero-order chi connectivity index (χ0) is 28.2. The quantitative estimate of drug-likeness (QED) is 0.273. The molecule has 0 aromatic heterocycles. The molecule has 0 saturated heterocycles. The summed E-state index contributed by atoms with van der Waals surface area (Å²) in [5.74, 6) is -10.3. The predicted octanol–water partition coefficient (Wildman–Crippen LogP) is 8.83. The molecule has 2 unspecified atom stereocenters. The summed E-state index contributed by atoms with van der Waals surface area (Å²) in [7, 11) is 0. The van der Waals surface area contributed by atoms with Gasteiger partial charge in [-0.15, -0.1) is 0 Å². The Morgan fingerprint density at radius 3 is 1.79 bits per heavy atom. The van der Waals surface area contributed by atoms with Crippen LogP contribution in [0, 0.1) is 41.0 Å². The summed E-state index contributed by atoms with van der Waals surface area (Å²) in [6.07, 6.45) is 4.73. The highest BCUT2D eigenvalue weighted by molar-refractivity contribution is 5.35. The van der Waals surface area contributed by atoms with Crippen molar-refractivity contribution in [3.05, 3.63) is 53.1 Å². The van der Waals surface area contributed by atoms with Crippen LogP contribution < -0.4 is 14.2 Å². The molecule has 39 heavy (non-hydrogen) atoms. The van der Waals surface area contributed by atoms with E-state index in [1.807, 2.05) is 0 Å².